The van der Waals surface area contributed by atoms with Gasteiger partial charge in [0, 0.05) is 37.5 Å². The monoisotopic (exact) mass is 334 g/mol. The number of hydrogen-bond acceptors (Lipinski definition) is 3. The summed E-state index contributed by atoms with van der Waals surface area (Å²) in [6, 6.07) is 5.18. The second-order valence-corrected chi connectivity index (χ2v) is 7.59. The SMILES string of the molecule is COc1ccc(CN2CCC3(CCN(C(=O)C(C)C)C3)C2)cc1F. The molecular weight excluding hydrogens is 307 g/mol. The maximum atomic E-state index is 13.8. The van der Waals surface area contributed by atoms with Gasteiger partial charge in [0.25, 0.3) is 0 Å². The Morgan fingerprint density at radius 3 is 2.71 bits per heavy atom. The Bertz CT molecular complexity index is 619. The Morgan fingerprint density at radius 1 is 1.29 bits per heavy atom. The molecule has 1 spiro atoms. The van der Waals surface area contributed by atoms with Crippen LogP contribution in [0.15, 0.2) is 18.2 Å². The largest absolute Gasteiger partial charge is 0.494 e. The average molecular weight is 334 g/mol. The van der Waals surface area contributed by atoms with E-state index in [1.807, 2.05) is 24.8 Å². The van der Waals surface area contributed by atoms with Crippen LogP contribution in [0.2, 0.25) is 0 Å². The van der Waals surface area contributed by atoms with E-state index in [1.165, 1.54) is 7.11 Å². The number of nitrogens with zero attached hydrogens (tertiary/aromatic N) is 2. The van der Waals surface area contributed by atoms with E-state index in [4.69, 9.17) is 4.74 Å². The van der Waals surface area contributed by atoms with Gasteiger partial charge in [-0.1, -0.05) is 19.9 Å². The molecule has 0 bridgehead atoms. The zero-order chi connectivity index (χ0) is 17.3. The Balaban J connectivity index is 1.60. The molecule has 1 unspecified atom stereocenters. The number of halogens is 1. The van der Waals surface area contributed by atoms with Crippen LogP contribution >= 0.6 is 0 Å². The molecule has 2 aliphatic heterocycles. The van der Waals surface area contributed by atoms with Crippen molar-refractivity contribution < 1.29 is 13.9 Å². The molecule has 1 amide bonds. The van der Waals surface area contributed by atoms with Gasteiger partial charge in [-0.05, 0) is 37.1 Å². The number of hydrogen-bond donors (Lipinski definition) is 0. The van der Waals surface area contributed by atoms with Crippen LogP contribution in [0.1, 0.15) is 32.3 Å². The van der Waals surface area contributed by atoms with Crippen molar-refractivity contribution in [3.8, 4) is 5.75 Å². The summed E-state index contributed by atoms with van der Waals surface area (Å²) < 4.78 is 18.8. The first-order chi connectivity index (χ1) is 11.4. The summed E-state index contributed by atoms with van der Waals surface area (Å²) in [5.74, 6) is 0.316. The molecule has 0 saturated carbocycles. The Hall–Kier alpha value is -1.62. The third-order valence-corrected chi connectivity index (χ3v) is 5.38. The molecule has 2 aliphatic rings. The number of benzene rings is 1. The van der Waals surface area contributed by atoms with Gasteiger partial charge in [-0.3, -0.25) is 9.69 Å². The molecule has 0 aliphatic carbocycles. The van der Waals surface area contributed by atoms with Gasteiger partial charge < -0.3 is 9.64 Å². The summed E-state index contributed by atoms with van der Waals surface area (Å²) in [4.78, 5) is 16.6. The summed E-state index contributed by atoms with van der Waals surface area (Å²) in [6.45, 7) is 8.43. The van der Waals surface area contributed by atoms with E-state index >= 15 is 0 Å². The lowest BCUT2D eigenvalue weighted by atomic mass is 9.86. The summed E-state index contributed by atoms with van der Waals surface area (Å²) in [5, 5.41) is 0. The van der Waals surface area contributed by atoms with Crippen molar-refractivity contribution in [2.45, 2.75) is 33.2 Å². The van der Waals surface area contributed by atoms with E-state index < -0.39 is 0 Å². The normalized spacial score (nSPS) is 24.3. The predicted octanol–water partition coefficient (Wildman–Crippen LogP) is 2.91. The average Bonchev–Trinajstić information content (AvgIpc) is 3.14. The van der Waals surface area contributed by atoms with Gasteiger partial charge in [-0.15, -0.1) is 0 Å². The van der Waals surface area contributed by atoms with E-state index in [0.717, 1.165) is 51.1 Å². The van der Waals surface area contributed by atoms with Gasteiger partial charge in [0.1, 0.15) is 0 Å². The molecule has 24 heavy (non-hydrogen) atoms. The molecule has 2 heterocycles. The minimum Gasteiger partial charge on any atom is -0.494 e. The van der Waals surface area contributed by atoms with Gasteiger partial charge >= 0.3 is 0 Å². The lowest BCUT2D eigenvalue weighted by molar-refractivity contribution is -0.133. The molecule has 4 nitrogen and oxygen atoms in total. The van der Waals surface area contributed by atoms with Crippen molar-refractivity contribution in [3.05, 3.63) is 29.6 Å². The van der Waals surface area contributed by atoms with Crippen LogP contribution in [0.25, 0.3) is 0 Å². The van der Waals surface area contributed by atoms with Crippen LogP contribution in [-0.4, -0.2) is 49.0 Å². The summed E-state index contributed by atoms with van der Waals surface area (Å²) in [6.07, 6.45) is 2.20. The number of amides is 1. The van der Waals surface area contributed by atoms with Crippen LogP contribution in [0.4, 0.5) is 4.39 Å². The topological polar surface area (TPSA) is 32.8 Å². The summed E-state index contributed by atoms with van der Waals surface area (Å²) in [5.41, 5.74) is 1.20. The first kappa shape index (κ1) is 17.2. The van der Waals surface area contributed by atoms with Gasteiger partial charge in [0.15, 0.2) is 11.6 Å². The molecule has 0 radical (unpaired) electrons. The van der Waals surface area contributed by atoms with Gasteiger partial charge in [0.05, 0.1) is 7.11 Å². The highest BCUT2D eigenvalue weighted by Gasteiger charge is 2.44. The second kappa shape index (κ2) is 6.71. The second-order valence-electron chi connectivity index (χ2n) is 7.59. The molecule has 132 valence electrons. The van der Waals surface area contributed by atoms with E-state index in [2.05, 4.69) is 4.90 Å². The molecule has 0 N–H and O–H groups in total. The smallest absolute Gasteiger partial charge is 0.225 e. The van der Waals surface area contributed by atoms with Crippen molar-refractivity contribution in [3.63, 3.8) is 0 Å². The third-order valence-electron chi connectivity index (χ3n) is 5.38. The molecule has 2 fully saturated rings. The molecule has 1 aromatic rings. The van der Waals surface area contributed by atoms with Gasteiger partial charge in [-0.25, -0.2) is 4.39 Å². The fourth-order valence-electron chi connectivity index (χ4n) is 4.05. The number of rotatable bonds is 4. The quantitative estimate of drug-likeness (QED) is 0.849. The van der Waals surface area contributed by atoms with Gasteiger partial charge in [0.2, 0.25) is 5.91 Å². The molecule has 1 aromatic carbocycles. The highest BCUT2D eigenvalue weighted by molar-refractivity contribution is 5.78. The molecule has 5 heteroatoms. The maximum absolute atomic E-state index is 13.8. The van der Waals surface area contributed by atoms with Crippen molar-refractivity contribution in [2.75, 3.05) is 33.3 Å². The minimum absolute atomic E-state index is 0.0694. The highest BCUT2D eigenvalue weighted by atomic mass is 19.1. The van der Waals surface area contributed by atoms with E-state index in [-0.39, 0.29) is 28.8 Å². The number of ether oxygens (including phenoxy) is 1. The van der Waals surface area contributed by atoms with Crippen molar-refractivity contribution in [1.29, 1.82) is 0 Å². The lowest BCUT2D eigenvalue weighted by Gasteiger charge is -2.25. The first-order valence-electron chi connectivity index (χ1n) is 8.76. The van der Waals surface area contributed by atoms with E-state index in [9.17, 15) is 9.18 Å². The zero-order valence-corrected chi connectivity index (χ0v) is 14.8. The van der Waals surface area contributed by atoms with Crippen molar-refractivity contribution >= 4 is 5.91 Å². The third kappa shape index (κ3) is 3.41. The molecule has 1 atom stereocenters. The lowest BCUT2D eigenvalue weighted by Crippen LogP contribution is -2.36. The number of methoxy groups -OCH3 is 1. The van der Waals surface area contributed by atoms with Crippen molar-refractivity contribution in [1.82, 2.24) is 9.80 Å². The Labute approximate surface area is 143 Å². The molecular formula is C19H27FN2O2. The number of carbonyl (C=O) groups is 1. The first-order valence-corrected chi connectivity index (χ1v) is 8.76. The predicted molar refractivity (Wildman–Crippen MR) is 91.3 cm³/mol. The molecule has 0 aromatic heterocycles. The van der Waals surface area contributed by atoms with Crippen LogP contribution in [-0.2, 0) is 11.3 Å². The molecule has 3 rings (SSSR count). The van der Waals surface area contributed by atoms with E-state index in [1.54, 1.807) is 12.1 Å². The number of likely N-dealkylation sites (tertiary alicyclic amines) is 2. The molecule has 2 saturated heterocycles. The Morgan fingerprint density at radius 2 is 2.04 bits per heavy atom. The zero-order valence-electron chi connectivity index (χ0n) is 14.8. The highest BCUT2D eigenvalue weighted by Crippen LogP contribution is 2.40. The van der Waals surface area contributed by atoms with Crippen LogP contribution in [0, 0.1) is 17.2 Å². The van der Waals surface area contributed by atoms with Crippen LogP contribution < -0.4 is 4.74 Å². The van der Waals surface area contributed by atoms with Crippen molar-refractivity contribution in [2.24, 2.45) is 11.3 Å². The Kier molecular flexibility index (Phi) is 4.81. The maximum Gasteiger partial charge on any atom is 0.225 e. The van der Waals surface area contributed by atoms with Gasteiger partial charge in [-0.2, -0.15) is 0 Å². The fourth-order valence-corrected chi connectivity index (χ4v) is 4.05. The van der Waals surface area contributed by atoms with E-state index in [0.29, 0.717) is 0 Å². The summed E-state index contributed by atoms with van der Waals surface area (Å²) >= 11 is 0. The standard InChI is InChI=1S/C19H27FN2O2/c1-14(2)18(23)22-9-7-19(13-22)6-8-21(12-19)11-15-4-5-17(24-3)16(20)10-15/h4-5,10,14H,6-9,11-13H2,1-3H3. The van der Waals surface area contributed by atoms with Crippen LogP contribution in [0.3, 0.4) is 0 Å². The number of carbonyl (C=O) groups excluding carboxylic acids is 1. The van der Waals surface area contributed by atoms with Crippen LogP contribution in [0.5, 0.6) is 5.75 Å². The summed E-state index contributed by atoms with van der Waals surface area (Å²) in [7, 11) is 1.48. The minimum atomic E-state index is -0.307. The fraction of sp³-hybridized carbons (Fsp3) is 0.632.